The first-order chi connectivity index (χ1) is 13.4. The van der Waals surface area contributed by atoms with Crippen LogP contribution < -0.4 is 10.5 Å². The van der Waals surface area contributed by atoms with Crippen LogP contribution >= 0.6 is 11.8 Å². The lowest BCUT2D eigenvalue weighted by molar-refractivity contribution is -0.140. The summed E-state index contributed by atoms with van der Waals surface area (Å²) in [5.74, 6) is -0.585. The average molecular weight is 394 g/mol. The van der Waals surface area contributed by atoms with Gasteiger partial charge in [0.15, 0.2) is 0 Å². The predicted molar refractivity (Wildman–Crippen MR) is 114 cm³/mol. The molecule has 0 radical (unpaired) electrons. The van der Waals surface area contributed by atoms with Gasteiger partial charge in [-0.05, 0) is 34.4 Å². The normalized spacial score (nSPS) is 15.6. The summed E-state index contributed by atoms with van der Waals surface area (Å²) in [6.45, 7) is 2.10. The van der Waals surface area contributed by atoms with Crippen molar-refractivity contribution in [2.45, 2.75) is 24.4 Å². The highest BCUT2D eigenvalue weighted by Gasteiger charge is 2.33. The van der Waals surface area contributed by atoms with E-state index in [9.17, 15) is 14.7 Å². The molecule has 1 N–H and O–H groups in total. The van der Waals surface area contributed by atoms with Crippen LogP contribution in [0.4, 0.5) is 5.69 Å². The Morgan fingerprint density at radius 1 is 1.18 bits per heavy atom. The Balaban J connectivity index is 1.89. The van der Waals surface area contributed by atoms with Crippen molar-refractivity contribution < 1.29 is 9.90 Å². The van der Waals surface area contributed by atoms with Crippen LogP contribution in [0.2, 0.25) is 0 Å². The molecule has 6 heteroatoms. The van der Waals surface area contributed by atoms with Crippen molar-refractivity contribution in [3.05, 3.63) is 69.5 Å². The second kappa shape index (κ2) is 7.02. The van der Waals surface area contributed by atoms with Gasteiger partial charge in [0, 0.05) is 32.3 Å². The molecule has 3 aromatic rings. The molecule has 28 heavy (non-hydrogen) atoms. The number of carboxylic acid groups (broad SMARTS) is 1. The number of aryl methyl sites for hydroxylation is 1. The molecule has 0 saturated heterocycles. The number of benzene rings is 2. The zero-order chi connectivity index (χ0) is 20.0. The predicted octanol–water partition coefficient (Wildman–Crippen LogP) is 3.70. The van der Waals surface area contributed by atoms with Gasteiger partial charge in [0.2, 0.25) is 0 Å². The largest absolute Gasteiger partial charge is 0.480 e. The SMILES string of the molecule is Cc1ccc(Cc2cc(=O)n3c(c2N(C)C)SC[C@H]3C(=O)O)c2ccccc12. The van der Waals surface area contributed by atoms with Crippen molar-refractivity contribution >= 4 is 34.2 Å². The van der Waals surface area contributed by atoms with E-state index in [-0.39, 0.29) is 5.56 Å². The minimum absolute atomic E-state index is 0.246. The first-order valence-corrected chi connectivity index (χ1v) is 10.2. The van der Waals surface area contributed by atoms with E-state index in [1.807, 2.05) is 31.1 Å². The summed E-state index contributed by atoms with van der Waals surface area (Å²) >= 11 is 1.44. The van der Waals surface area contributed by atoms with Gasteiger partial charge in [0.05, 0.1) is 5.69 Å². The van der Waals surface area contributed by atoms with Gasteiger partial charge in [-0.3, -0.25) is 9.36 Å². The van der Waals surface area contributed by atoms with Crippen LogP contribution in [-0.2, 0) is 11.2 Å². The Kier molecular flexibility index (Phi) is 4.67. The van der Waals surface area contributed by atoms with E-state index in [1.54, 1.807) is 6.07 Å². The van der Waals surface area contributed by atoms with Crippen molar-refractivity contribution in [2.75, 3.05) is 24.7 Å². The van der Waals surface area contributed by atoms with Crippen molar-refractivity contribution in [2.24, 2.45) is 0 Å². The molecule has 1 atom stereocenters. The number of anilines is 1. The van der Waals surface area contributed by atoms with Crippen LogP contribution in [0, 0.1) is 6.92 Å². The number of thioether (sulfide) groups is 1. The van der Waals surface area contributed by atoms with Crippen molar-refractivity contribution in [3.63, 3.8) is 0 Å². The molecule has 2 aromatic carbocycles. The summed E-state index contributed by atoms with van der Waals surface area (Å²) in [6, 6.07) is 13.3. The number of hydrogen-bond acceptors (Lipinski definition) is 4. The fourth-order valence-corrected chi connectivity index (χ4v) is 5.38. The summed E-state index contributed by atoms with van der Waals surface area (Å²) < 4.78 is 1.43. The minimum atomic E-state index is -0.963. The molecule has 0 saturated carbocycles. The van der Waals surface area contributed by atoms with Gasteiger partial charge in [0.25, 0.3) is 5.56 Å². The summed E-state index contributed by atoms with van der Waals surface area (Å²) in [6.07, 6.45) is 0.621. The molecule has 0 fully saturated rings. The number of aromatic nitrogens is 1. The number of aliphatic carboxylic acids is 1. The van der Waals surface area contributed by atoms with Gasteiger partial charge in [-0.25, -0.2) is 4.79 Å². The van der Waals surface area contributed by atoms with E-state index >= 15 is 0 Å². The lowest BCUT2D eigenvalue weighted by atomic mass is 9.95. The van der Waals surface area contributed by atoms with Gasteiger partial charge in [-0.2, -0.15) is 0 Å². The van der Waals surface area contributed by atoms with Crippen molar-refractivity contribution in [1.82, 2.24) is 4.57 Å². The molecule has 1 aliphatic rings. The van der Waals surface area contributed by atoms with E-state index in [4.69, 9.17) is 0 Å². The van der Waals surface area contributed by atoms with Gasteiger partial charge >= 0.3 is 5.97 Å². The molecule has 144 valence electrons. The molecule has 1 aliphatic heterocycles. The number of hydrogen-bond donors (Lipinski definition) is 1. The summed E-state index contributed by atoms with van der Waals surface area (Å²) in [7, 11) is 3.87. The topological polar surface area (TPSA) is 62.5 Å². The highest BCUT2D eigenvalue weighted by atomic mass is 32.2. The second-order valence-corrected chi connectivity index (χ2v) is 8.36. The number of nitrogens with zero attached hydrogens (tertiary/aromatic N) is 2. The van der Waals surface area contributed by atoms with Crippen LogP contribution in [0.25, 0.3) is 10.8 Å². The van der Waals surface area contributed by atoms with Crippen LogP contribution in [-0.4, -0.2) is 35.5 Å². The first kappa shape index (κ1) is 18.6. The van der Waals surface area contributed by atoms with Crippen LogP contribution in [0.5, 0.6) is 0 Å². The fraction of sp³-hybridized carbons (Fsp3) is 0.273. The molecule has 4 rings (SSSR count). The molecule has 5 nitrogen and oxygen atoms in total. The number of carbonyl (C=O) groups is 1. The van der Waals surface area contributed by atoms with Gasteiger partial charge in [0.1, 0.15) is 11.1 Å². The lowest BCUT2D eigenvalue weighted by Crippen LogP contribution is -2.30. The molecule has 1 aromatic heterocycles. The molecule has 0 amide bonds. The maximum Gasteiger partial charge on any atom is 0.327 e. The summed E-state index contributed by atoms with van der Waals surface area (Å²) in [5, 5.41) is 12.6. The Labute approximate surface area is 167 Å². The maximum atomic E-state index is 12.8. The monoisotopic (exact) mass is 394 g/mol. The van der Waals surface area contributed by atoms with E-state index in [0.717, 1.165) is 21.8 Å². The second-order valence-electron chi connectivity index (χ2n) is 7.35. The zero-order valence-electron chi connectivity index (χ0n) is 16.1. The van der Waals surface area contributed by atoms with E-state index in [2.05, 4.69) is 31.2 Å². The van der Waals surface area contributed by atoms with Crippen molar-refractivity contribution in [1.29, 1.82) is 0 Å². The number of fused-ring (bicyclic) bond motifs is 2. The first-order valence-electron chi connectivity index (χ1n) is 9.17. The van der Waals surface area contributed by atoms with E-state index in [1.165, 1.54) is 32.7 Å². The number of carboxylic acids is 1. The maximum absolute atomic E-state index is 12.8. The number of rotatable bonds is 4. The van der Waals surface area contributed by atoms with E-state index < -0.39 is 12.0 Å². The highest BCUT2D eigenvalue weighted by Crippen LogP contribution is 2.40. The molecular formula is C22H22N2O3S. The number of pyridine rings is 1. The smallest absolute Gasteiger partial charge is 0.327 e. The van der Waals surface area contributed by atoms with E-state index in [0.29, 0.717) is 12.2 Å². The zero-order valence-corrected chi connectivity index (χ0v) is 16.9. The van der Waals surface area contributed by atoms with Gasteiger partial charge in [-0.15, -0.1) is 11.8 Å². The summed E-state index contributed by atoms with van der Waals surface area (Å²) in [4.78, 5) is 26.3. The fourth-order valence-electron chi connectivity index (χ4n) is 3.97. The minimum Gasteiger partial charge on any atom is -0.480 e. The Morgan fingerprint density at radius 2 is 1.89 bits per heavy atom. The van der Waals surface area contributed by atoms with Crippen molar-refractivity contribution in [3.8, 4) is 0 Å². The average Bonchev–Trinajstić information content (AvgIpc) is 3.10. The molecular weight excluding hydrogens is 372 g/mol. The Bertz CT molecular complexity index is 1150. The third-order valence-electron chi connectivity index (χ3n) is 5.30. The third-order valence-corrected chi connectivity index (χ3v) is 6.44. The lowest BCUT2D eigenvalue weighted by Gasteiger charge is -2.22. The molecule has 0 spiro atoms. The Hall–Kier alpha value is -2.73. The highest BCUT2D eigenvalue weighted by molar-refractivity contribution is 7.99. The third kappa shape index (κ3) is 2.98. The van der Waals surface area contributed by atoms with Gasteiger partial charge < -0.3 is 10.0 Å². The summed E-state index contributed by atoms with van der Waals surface area (Å²) in [5.41, 5.74) is 3.99. The standard InChI is InChI=1S/C22H22N2O3S/c1-13-8-9-14(17-7-5-4-6-16(13)17)10-15-11-19(25)24-18(22(26)27)12-28-21(24)20(15)23(2)3/h4-9,11,18H,10,12H2,1-3H3,(H,26,27)/t18-/m0/s1. The van der Waals surface area contributed by atoms with Crippen LogP contribution in [0.1, 0.15) is 22.7 Å². The molecule has 2 heterocycles. The molecule has 0 aliphatic carbocycles. The Morgan fingerprint density at radius 3 is 2.57 bits per heavy atom. The van der Waals surface area contributed by atoms with Crippen LogP contribution in [0.15, 0.2) is 52.3 Å². The molecule has 0 unspecified atom stereocenters. The van der Waals surface area contributed by atoms with Gasteiger partial charge in [-0.1, -0.05) is 36.4 Å². The molecule has 0 bridgehead atoms. The quantitative estimate of drug-likeness (QED) is 0.731. The van der Waals surface area contributed by atoms with Crippen LogP contribution in [0.3, 0.4) is 0 Å².